The summed E-state index contributed by atoms with van der Waals surface area (Å²) in [5.41, 5.74) is 7.12. The Kier molecular flexibility index (Phi) is 5.49. The number of hydrogen-bond donors (Lipinski definition) is 1. The monoisotopic (exact) mass is 276 g/mol. The number of carbonyl (C=O) groups excluding carboxylic acids is 1. The summed E-state index contributed by atoms with van der Waals surface area (Å²) in [5.74, 6) is 0.105. The van der Waals surface area contributed by atoms with Crippen LogP contribution in [0.5, 0.6) is 0 Å². The highest BCUT2D eigenvalue weighted by molar-refractivity contribution is 5.81. The van der Waals surface area contributed by atoms with Gasteiger partial charge in [-0.25, -0.2) is 0 Å². The highest BCUT2D eigenvalue weighted by Gasteiger charge is 2.24. The highest BCUT2D eigenvalue weighted by atomic mass is 16.2. The van der Waals surface area contributed by atoms with Crippen molar-refractivity contribution in [3.05, 3.63) is 30.1 Å². The molecule has 1 atom stereocenters. The second kappa shape index (κ2) is 7.36. The van der Waals surface area contributed by atoms with Gasteiger partial charge in [0.15, 0.2) is 0 Å². The quantitative estimate of drug-likeness (QED) is 0.866. The second-order valence-corrected chi connectivity index (χ2v) is 5.36. The van der Waals surface area contributed by atoms with Crippen LogP contribution in [0, 0.1) is 0 Å². The van der Waals surface area contributed by atoms with E-state index < -0.39 is 0 Å². The van der Waals surface area contributed by atoms with Gasteiger partial charge in [-0.3, -0.25) is 14.7 Å². The lowest BCUT2D eigenvalue weighted by molar-refractivity contribution is -0.134. The minimum Gasteiger partial charge on any atom is -0.339 e. The molecule has 0 bridgehead atoms. The van der Waals surface area contributed by atoms with Crippen molar-refractivity contribution < 1.29 is 4.79 Å². The van der Waals surface area contributed by atoms with Gasteiger partial charge in [0, 0.05) is 45.1 Å². The Morgan fingerprint density at radius 1 is 1.40 bits per heavy atom. The molecule has 1 amide bonds. The fourth-order valence-electron chi connectivity index (χ4n) is 2.55. The molecular formula is C15H24N4O. The number of piperazine rings is 1. The Balaban J connectivity index is 1.79. The molecule has 1 aliphatic rings. The fraction of sp³-hybridized carbons (Fsp3) is 0.600. The minimum atomic E-state index is -0.329. The molecule has 0 aliphatic carbocycles. The molecule has 0 aromatic carbocycles. The molecule has 0 spiro atoms. The smallest absolute Gasteiger partial charge is 0.239 e. The lowest BCUT2D eigenvalue weighted by atomic mass is 10.1. The van der Waals surface area contributed by atoms with E-state index in [1.54, 1.807) is 6.20 Å². The first-order chi connectivity index (χ1) is 9.70. The van der Waals surface area contributed by atoms with E-state index in [0.29, 0.717) is 0 Å². The number of hydrogen-bond acceptors (Lipinski definition) is 4. The molecule has 2 heterocycles. The summed E-state index contributed by atoms with van der Waals surface area (Å²) in [6.07, 6.45) is 5.41. The third-order valence-corrected chi connectivity index (χ3v) is 3.73. The molecule has 1 aromatic rings. The summed E-state index contributed by atoms with van der Waals surface area (Å²) in [6, 6.07) is 3.71. The summed E-state index contributed by atoms with van der Waals surface area (Å²) < 4.78 is 0. The molecule has 2 N–H and O–H groups in total. The normalized spacial score (nSPS) is 18.0. The van der Waals surface area contributed by atoms with Crippen LogP contribution in [0.15, 0.2) is 24.5 Å². The third-order valence-electron chi connectivity index (χ3n) is 3.73. The molecule has 0 saturated carbocycles. The van der Waals surface area contributed by atoms with Gasteiger partial charge in [0.05, 0.1) is 6.04 Å². The maximum absolute atomic E-state index is 12.1. The highest BCUT2D eigenvalue weighted by Crippen LogP contribution is 2.09. The summed E-state index contributed by atoms with van der Waals surface area (Å²) in [5, 5.41) is 0. The Bertz CT molecular complexity index is 415. The number of nitrogens with zero attached hydrogens (tertiary/aromatic N) is 3. The lowest BCUT2D eigenvalue weighted by Crippen LogP contribution is -2.52. The summed E-state index contributed by atoms with van der Waals surface area (Å²) in [4.78, 5) is 20.5. The fourth-order valence-corrected chi connectivity index (χ4v) is 2.55. The number of nitrogens with two attached hydrogens (primary N) is 1. The number of aromatic nitrogens is 1. The average molecular weight is 276 g/mol. The van der Waals surface area contributed by atoms with Crippen molar-refractivity contribution in [2.75, 3.05) is 26.2 Å². The number of amides is 1. The lowest BCUT2D eigenvalue weighted by Gasteiger charge is -2.35. The molecule has 1 aromatic heterocycles. The van der Waals surface area contributed by atoms with Crippen LogP contribution in [0.4, 0.5) is 0 Å². The largest absolute Gasteiger partial charge is 0.339 e. The van der Waals surface area contributed by atoms with Crippen molar-refractivity contribution in [2.24, 2.45) is 5.73 Å². The summed E-state index contributed by atoms with van der Waals surface area (Å²) in [7, 11) is 0. The van der Waals surface area contributed by atoms with Gasteiger partial charge in [0.2, 0.25) is 5.91 Å². The van der Waals surface area contributed by atoms with Gasteiger partial charge >= 0.3 is 0 Å². The van der Waals surface area contributed by atoms with Crippen molar-refractivity contribution >= 4 is 5.91 Å². The van der Waals surface area contributed by atoms with Gasteiger partial charge in [-0.15, -0.1) is 0 Å². The Labute approximate surface area is 120 Å². The average Bonchev–Trinajstić information content (AvgIpc) is 2.48. The van der Waals surface area contributed by atoms with Gasteiger partial charge < -0.3 is 10.6 Å². The number of carbonyl (C=O) groups is 1. The zero-order valence-corrected chi connectivity index (χ0v) is 12.2. The van der Waals surface area contributed by atoms with E-state index in [-0.39, 0.29) is 11.9 Å². The Morgan fingerprint density at radius 3 is 2.75 bits per heavy atom. The van der Waals surface area contributed by atoms with Crippen molar-refractivity contribution in [2.45, 2.75) is 32.4 Å². The maximum Gasteiger partial charge on any atom is 0.239 e. The number of rotatable bonds is 5. The van der Waals surface area contributed by atoms with E-state index in [9.17, 15) is 4.79 Å². The SMILES string of the molecule is CCC[C@@H](N)C(=O)N1CCN(Cc2cccnc2)CC1. The van der Waals surface area contributed by atoms with E-state index >= 15 is 0 Å². The van der Waals surface area contributed by atoms with Gasteiger partial charge in [0.25, 0.3) is 0 Å². The van der Waals surface area contributed by atoms with Gasteiger partial charge in [-0.2, -0.15) is 0 Å². The van der Waals surface area contributed by atoms with Crippen LogP contribution in [0.1, 0.15) is 25.3 Å². The van der Waals surface area contributed by atoms with Crippen LogP contribution >= 0.6 is 0 Å². The van der Waals surface area contributed by atoms with Crippen molar-refractivity contribution in [3.63, 3.8) is 0 Å². The zero-order valence-electron chi connectivity index (χ0n) is 12.2. The summed E-state index contributed by atoms with van der Waals surface area (Å²) >= 11 is 0. The first-order valence-corrected chi connectivity index (χ1v) is 7.36. The standard InChI is InChI=1S/C15H24N4O/c1-2-4-14(16)15(20)19-9-7-18(8-10-19)12-13-5-3-6-17-11-13/h3,5-6,11,14H,2,4,7-10,12,16H2,1H3/t14-/m1/s1. The molecule has 1 fully saturated rings. The second-order valence-electron chi connectivity index (χ2n) is 5.36. The third kappa shape index (κ3) is 4.02. The summed E-state index contributed by atoms with van der Waals surface area (Å²) in [6.45, 7) is 6.31. The predicted octanol–water partition coefficient (Wildman–Crippen LogP) is 0.853. The molecule has 20 heavy (non-hydrogen) atoms. The molecule has 5 nitrogen and oxygen atoms in total. The van der Waals surface area contributed by atoms with Crippen molar-refractivity contribution in [3.8, 4) is 0 Å². The van der Waals surface area contributed by atoms with Crippen molar-refractivity contribution in [1.82, 2.24) is 14.8 Å². The first-order valence-electron chi connectivity index (χ1n) is 7.36. The van der Waals surface area contributed by atoms with Crippen LogP contribution in [0.3, 0.4) is 0 Å². The maximum atomic E-state index is 12.1. The Hall–Kier alpha value is -1.46. The van der Waals surface area contributed by atoms with Gasteiger partial charge in [-0.05, 0) is 18.1 Å². The van der Waals surface area contributed by atoms with Crippen LogP contribution < -0.4 is 5.73 Å². The molecule has 5 heteroatoms. The van der Waals surface area contributed by atoms with Crippen LogP contribution in [-0.2, 0) is 11.3 Å². The van der Waals surface area contributed by atoms with Gasteiger partial charge in [0.1, 0.15) is 0 Å². The van der Waals surface area contributed by atoms with Crippen LogP contribution in [-0.4, -0.2) is 52.9 Å². The van der Waals surface area contributed by atoms with E-state index in [4.69, 9.17) is 5.73 Å². The molecular weight excluding hydrogens is 252 g/mol. The zero-order chi connectivity index (χ0) is 14.4. The van der Waals surface area contributed by atoms with E-state index in [2.05, 4.69) is 22.9 Å². The molecule has 2 rings (SSSR count). The minimum absolute atomic E-state index is 0.105. The van der Waals surface area contributed by atoms with Crippen LogP contribution in [0.25, 0.3) is 0 Å². The molecule has 1 saturated heterocycles. The van der Waals surface area contributed by atoms with Gasteiger partial charge in [-0.1, -0.05) is 19.4 Å². The van der Waals surface area contributed by atoms with Crippen molar-refractivity contribution in [1.29, 1.82) is 0 Å². The molecule has 1 aliphatic heterocycles. The molecule has 0 radical (unpaired) electrons. The van der Waals surface area contributed by atoms with E-state index in [1.165, 1.54) is 5.56 Å². The molecule has 110 valence electrons. The van der Waals surface area contributed by atoms with E-state index in [1.807, 2.05) is 17.2 Å². The molecule has 0 unspecified atom stereocenters. The Morgan fingerprint density at radius 2 is 2.15 bits per heavy atom. The van der Waals surface area contributed by atoms with E-state index in [0.717, 1.165) is 45.6 Å². The topological polar surface area (TPSA) is 62.5 Å². The first kappa shape index (κ1) is 14.9. The van der Waals surface area contributed by atoms with Crippen LogP contribution in [0.2, 0.25) is 0 Å². The number of pyridine rings is 1. The predicted molar refractivity (Wildman–Crippen MR) is 79.0 cm³/mol.